The molecule has 23 heavy (non-hydrogen) atoms. The third-order valence-corrected chi connectivity index (χ3v) is 3.21. The summed E-state index contributed by atoms with van der Waals surface area (Å²) in [5, 5.41) is 11.5. The predicted octanol–water partition coefficient (Wildman–Crippen LogP) is 0.0515. The number of nitrogens with one attached hydrogen (secondary N) is 3. The van der Waals surface area contributed by atoms with Crippen LogP contribution in [0.5, 0.6) is 0 Å². The fraction of sp³-hybridized carbons (Fsp3) is 0.200. The number of aromatic nitrogens is 2. The molecule has 0 saturated carbocycles. The molecule has 1 amide bonds. The molecule has 0 spiro atoms. The molecule has 1 atom stereocenters. The number of aliphatic carboxylic acids is 1. The van der Waals surface area contributed by atoms with Gasteiger partial charge in [0.15, 0.2) is 0 Å². The number of aromatic amines is 2. The molecule has 1 aromatic carbocycles. The molecule has 8 heteroatoms. The average molecular weight is 317 g/mol. The number of hydrogen-bond donors (Lipinski definition) is 4. The highest BCUT2D eigenvalue weighted by Crippen LogP contribution is 2.18. The van der Waals surface area contributed by atoms with Crippen molar-refractivity contribution in [1.29, 1.82) is 0 Å². The summed E-state index contributed by atoms with van der Waals surface area (Å²) in [4.78, 5) is 49.5. The number of carboxylic acid groups (broad SMARTS) is 1. The van der Waals surface area contributed by atoms with Gasteiger partial charge in [0.1, 0.15) is 5.69 Å². The first kappa shape index (κ1) is 16.2. The van der Waals surface area contributed by atoms with Crippen LogP contribution in [0, 0.1) is 0 Å². The highest BCUT2D eigenvalue weighted by molar-refractivity contribution is 5.92. The molecule has 2 aromatic rings. The largest absolute Gasteiger partial charge is 0.481 e. The van der Waals surface area contributed by atoms with Gasteiger partial charge in [-0.15, -0.1) is 0 Å². The minimum absolute atomic E-state index is 0.0595. The molecule has 0 aliphatic carbocycles. The van der Waals surface area contributed by atoms with Crippen molar-refractivity contribution < 1.29 is 14.7 Å². The van der Waals surface area contributed by atoms with Crippen LogP contribution in [-0.2, 0) is 4.79 Å². The monoisotopic (exact) mass is 317 g/mol. The summed E-state index contributed by atoms with van der Waals surface area (Å²) >= 11 is 0. The van der Waals surface area contributed by atoms with Crippen LogP contribution >= 0.6 is 0 Å². The lowest BCUT2D eigenvalue weighted by molar-refractivity contribution is -0.137. The Morgan fingerprint density at radius 1 is 1.13 bits per heavy atom. The second kappa shape index (κ2) is 7.21. The number of carbonyl (C=O) groups excluding carboxylic acids is 1. The summed E-state index contributed by atoms with van der Waals surface area (Å²) in [5.41, 5.74) is -0.882. The van der Waals surface area contributed by atoms with Crippen LogP contribution in [-0.4, -0.2) is 33.5 Å². The zero-order valence-corrected chi connectivity index (χ0v) is 12.0. The summed E-state index contributed by atoms with van der Waals surface area (Å²) in [6.45, 7) is 0.0595. The fourth-order valence-corrected chi connectivity index (χ4v) is 2.15. The molecule has 0 aliphatic rings. The SMILES string of the molecule is O=C(O)CC(CNC(=O)c1cc(=O)[nH]c(=O)[nH]1)c1ccccc1. The van der Waals surface area contributed by atoms with E-state index in [1.165, 1.54) is 0 Å². The first-order valence-electron chi connectivity index (χ1n) is 6.84. The summed E-state index contributed by atoms with van der Waals surface area (Å²) in [6.07, 6.45) is -0.157. The van der Waals surface area contributed by atoms with E-state index in [1.54, 1.807) is 30.3 Å². The zero-order valence-electron chi connectivity index (χ0n) is 12.0. The van der Waals surface area contributed by atoms with Crippen molar-refractivity contribution in [1.82, 2.24) is 15.3 Å². The molecule has 8 nitrogen and oxygen atoms in total. The van der Waals surface area contributed by atoms with Gasteiger partial charge in [0.25, 0.3) is 11.5 Å². The molecule has 0 saturated heterocycles. The van der Waals surface area contributed by atoms with Crippen LogP contribution in [0.25, 0.3) is 0 Å². The van der Waals surface area contributed by atoms with Gasteiger partial charge in [0, 0.05) is 18.5 Å². The van der Waals surface area contributed by atoms with E-state index >= 15 is 0 Å². The van der Waals surface area contributed by atoms with Gasteiger partial charge in [0.05, 0.1) is 6.42 Å². The zero-order chi connectivity index (χ0) is 16.8. The topological polar surface area (TPSA) is 132 Å². The van der Waals surface area contributed by atoms with E-state index in [0.717, 1.165) is 11.6 Å². The molecule has 0 radical (unpaired) electrons. The van der Waals surface area contributed by atoms with Crippen LogP contribution in [0.1, 0.15) is 28.4 Å². The maximum Gasteiger partial charge on any atom is 0.326 e. The Hall–Kier alpha value is -3.16. The number of carboxylic acids is 1. The number of amides is 1. The van der Waals surface area contributed by atoms with Gasteiger partial charge in [-0.05, 0) is 5.56 Å². The highest BCUT2D eigenvalue weighted by atomic mass is 16.4. The Balaban J connectivity index is 2.11. The number of hydrogen-bond acceptors (Lipinski definition) is 4. The molecule has 0 aliphatic heterocycles. The van der Waals surface area contributed by atoms with E-state index < -0.39 is 29.0 Å². The molecule has 1 heterocycles. The third kappa shape index (κ3) is 4.67. The van der Waals surface area contributed by atoms with E-state index in [1.807, 2.05) is 4.98 Å². The lowest BCUT2D eigenvalue weighted by atomic mass is 9.95. The van der Waals surface area contributed by atoms with Gasteiger partial charge < -0.3 is 15.4 Å². The standard InChI is InChI=1S/C15H15N3O5/c19-12-7-11(17-15(23)18-12)14(22)16-8-10(6-13(20)21)9-4-2-1-3-5-9/h1-5,7,10H,6,8H2,(H,16,22)(H,20,21)(H2,17,18,19,23). The van der Waals surface area contributed by atoms with Crippen molar-refractivity contribution in [2.24, 2.45) is 0 Å². The van der Waals surface area contributed by atoms with Crippen molar-refractivity contribution in [2.75, 3.05) is 6.54 Å². The lowest BCUT2D eigenvalue weighted by Crippen LogP contribution is -2.33. The van der Waals surface area contributed by atoms with E-state index in [4.69, 9.17) is 5.11 Å². The first-order chi connectivity index (χ1) is 11.0. The third-order valence-electron chi connectivity index (χ3n) is 3.21. The van der Waals surface area contributed by atoms with Gasteiger partial charge in [-0.1, -0.05) is 30.3 Å². The Labute approximate surface area is 130 Å². The number of benzene rings is 1. The minimum Gasteiger partial charge on any atom is -0.481 e. The van der Waals surface area contributed by atoms with Gasteiger partial charge in [-0.2, -0.15) is 0 Å². The maximum absolute atomic E-state index is 12.0. The van der Waals surface area contributed by atoms with E-state index in [2.05, 4.69) is 10.3 Å². The lowest BCUT2D eigenvalue weighted by Gasteiger charge is -2.16. The Morgan fingerprint density at radius 3 is 2.43 bits per heavy atom. The van der Waals surface area contributed by atoms with E-state index in [-0.39, 0.29) is 18.7 Å². The molecule has 120 valence electrons. The average Bonchev–Trinajstić information content (AvgIpc) is 2.50. The van der Waals surface area contributed by atoms with Crippen LogP contribution in [0.15, 0.2) is 46.0 Å². The van der Waals surface area contributed by atoms with Crippen molar-refractivity contribution in [3.05, 3.63) is 68.5 Å². The first-order valence-corrected chi connectivity index (χ1v) is 6.84. The van der Waals surface area contributed by atoms with Crippen LogP contribution in [0.2, 0.25) is 0 Å². The normalized spacial score (nSPS) is 11.7. The molecule has 1 unspecified atom stereocenters. The molecule has 4 N–H and O–H groups in total. The Kier molecular flexibility index (Phi) is 5.08. The summed E-state index contributed by atoms with van der Waals surface area (Å²) in [6, 6.07) is 9.87. The van der Waals surface area contributed by atoms with Gasteiger partial charge in [-0.3, -0.25) is 19.4 Å². The second-order valence-electron chi connectivity index (χ2n) is 4.92. The van der Waals surface area contributed by atoms with Crippen LogP contribution in [0.4, 0.5) is 0 Å². The number of rotatable bonds is 6. The van der Waals surface area contributed by atoms with Gasteiger partial charge in [-0.25, -0.2) is 4.79 Å². The summed E-state index contributed by atoms with van der Waals surface area (Å²) in [7, 11) is 0. The summed E-state index contributed by atoms with van der Waals surface area (Å²) in [5.74, 6) is -2.07. The fourth-order valence-electron chi connectivity index (χ4n) is 2.15. The molecular weight excluding hydrogens is 302 g/mol. The smallest absolute Gasteiger partial charge is 0.326 e. The van der Waals surface area contributed by atoms with Gasteiger partial charge in [0.2, 0.25) is 0 Å². The van der Waals surface area contributed by atoms with Crippen LogP contribution in [0.3, 0.4) is 0 Å². The Bertz CT molecular complexity index is 781. The van der Waals surface area contributed by atoms with Gasteiger partial charge >= 0.3 is 11.7 Å². The minimum atomic E-state index is -0.988. The van der Waals surface area contributed by atoms with E-state index in [9.17, 15) is 19.2 Å². The molecule has 0 fully saturated rings. The highest BCUT2D eigenvalue weighted by Gasteiger charge is 2.17. The molecular formula is C15H15N3O5. The van der Waals surface area contributed by atoms with Crippen molar-refractivity contribution in [2.45, 2.75) is 12.3 Å². The van der Waals surface area contributed by atoms with Crippen molar-refractivity contribution in [3.8, 4) is 0 Å². The second-order valence-corrected chi connectivity index (χ2v) is 4.92. The van der Waals surface area contributed by atoms with Crippen molar-refractivity contribution >= 4 is 11.9 Å². The predicted molar refractivity (Wildman–Crippen MR) is 81.5 cm³/mol. The molecule has 1 aromatic heterocycles. The quantitative estimate of drug-likeness (QED) is 0.597. The van der Waals surface area contributed by atoms with Crippen LogP contribution < -0.4 is 16.6 Å². The van der Waals surface area contributed by atoms with Crippen molar-refractivity contribution in [3.63, 3.8) is 0 Å². The maximum atomic E-state index is 12.0. The number of H-pyrrole nitrogens is 2. The molecule has 2 rings (SSSR count). The summed E-state index contributed by atoms with van der Waals surface area (Å²) < 4.78 is 0. The van der Waals surface area contributed by atoms with E-state index in [0.29, 0.717) is 0 Å². The number of carbonyl (C=O) groups is 2. The Morgan fingerprint density at radius 2 is 1.83 bits per heavy atom. The molecule has 0 bridgehead atoms.